The Morgan fingerprint density at radius 1 is 0.745 bits per heavy atom. The molecule has 1 atom stereocenters. The maximum atomic E-state index is 13.8. The molecule has 5 heteroatoms. The molecule has 7 rings (SSSR count). The molecule has 2 aromatic heterocycles. The van der Waals surface area contributed by atoms with Gasteiger partial charge in [-0.2, -0.15) is 0 Å². The van der Waals surface area contributed by atoms with E-state index in [1.165, 1.54) is 55.4 Å². The van der Waals surface area contributed by atoms with E-state index >= 15 is 0 Å². The highest BCUT2D eigenvalue weighted by Crippen LogP contribution is 2.49. The van der Waals surface area contributed by atoms with Gasteiger partial charge in [-0.25, -0.2) is 4.79 Å². The molecule has 0 N–H and O–H groups in total. The molecular weight excluding hydrogens is 578 g/mol. The van der Waals surface area contributed by atoms with Crippen LogP contribution in [0.4, 0.5) is 5.69 Å². The van der Waals surface area contributed by atoms with Gasteiger partial charge in [0, 0.05) is 88.3 Å². The molecule has 4 aromatic carbocycles. The molecule has 6 aromatic rings. The van der Waals surface area contributed by atoms with Crippen LogP contribution in [0.1, 0.15) is 69.0 Å². The predicted molar refractivity (Wildman–Crippen MR) is 195 cm³/mol. The molecule has 0 fully saturated rings. The van der Waals surface area contributed by atoms with Crippen LogP contribution >= 0.6 is 0 Å². The van der Waals surface area contributed by atoms with Crippen LogP contribution in [-0.4, -0.2) is 29.2 Å². The normalized spacial score (nSPS) is 15.7. The highest BCUT2D eigenvalue weighted by atomic mass is 16.6. The number of fused-ring (bicyclic) bond motifs is 3. The maximum absolute atomic E-state index is 13.8. The molecule has 0 saturated carbocycles. The van der Waals surface area contributed by atoms with Crippen molar-refractivity contribution < 1.29 is 9.53 Å². The molecule has 0 radical (unpaired) electrons. The predicted octanol–water partition coefficient (Wildman–Crippen LogP) is 9.48. The second-order valence-electron chi connectivity index (χ2n) is 13.1. The lowest BCUT2D eigenvalue weighted by molar-refractivity contribution is 0.0276. The largest absolute Gasteiger partial charge is 0.441 e. The summed E-state index contributed by atoms with van der Waals surface area (Å²) in [5.74, 6) is -0.306. The smallest absolute Gasteiger partial charge is 0.340 e. The van der Waals surface area contributed by atoms with Crippen molar-refractivity contribution in [3.05, 3.63) is 141 Å². The molecule has 0 saturated heterocycles. The van der Waals surface area contributed by atoms with Crippen molar-refractivity contribution >= 4 is 39.0 Å². The summed E-state index contributed by atoms with van der Waals surface area (Å²) in [6.45, 7) is 14.9. The molecule has 3 heterocycles. The number of aromatic nitrogens is 2. The van der Waals surface area contributed by atoms with E-state index in [-0.39, 0.29) is 5.97 Å². The average Bonchev–Trinajstić information content (AvgIpc) is 3.62. The summed E-state index contributed by atoms with van der Waals surface area (Å²) in [6.07, 6.45) is 2.26. The number of rotatable bonds is 7. The number of aryl methyl sites for hydroxylation is 4. The molecule has 5 nitrogen and oxygen atoms in total. The lowest BCUT2D eigenvalue weighted by Crippen LogP contribution is -2.26. The van der Waals surface area contributed by atoms with Gasteiger partial charge < -0.3 is 18.8 Å². The standard InChI is InChI=1S/C42H43N3O2/c1-9-44-28(5)39(33-23-26(3)15-21-37(33)44)35(40-29(6)45(10-2)38-22-16-27(4)24-34(38)40)25-42(30-17-19-31(20-18-30)43(7)8)36-14-12-11-13-32(36)41(46)47-42/h11-25H,9-10H2,1-8H3. The summed E-state index contributed by atoms with van der Waals surface area (Å²) in [5.41, 5.74) is 13.0. The number of carbonyl (C=O) groups excluding carboxylic acids is 1. The third-order valence-corrected chi connectivity index (χ3v) is 10.1. The van der Waals surface area contributed by atoms with Crippen molar-refractivity contribution in [3.63, 3.8) is 0 Å². The topological polar surface area (TPSA) is 39.4 Å². The van der Waals surface area contributed by atoms with Crippen LogP contribution in [0.25, 0.3) is 27.4 Å². The highest BCUT2D eigenvalue weighted by molar-refractivity contribution is 6.07. The van der Waals surface area contributed by atoms with E-state index in [0.29, 0.717) is 5.56 Å². The SMILES string of the molecule is CCn1c(C)c(C(=CC2(c3ccc(N(C)C)cc3)OC(=O)c3ccccc32)c2c(C)n(CC)c3ccc(C)cc23)c2cc(C)ccc21. The summed E-state index contributed by atoms with van der Waals surface area (Å²) < 4.78 is 11.5. The summed E-state index contributed by atoms with van der Waals surface area (Å²) in [4.78, 5) is 15.9. The van der Waals surface area contributed by atoms with E-state index in [4.69, 9.17) is 4.74 Å². The summed E-state index contributed by atoms with van der Waals surface area (Å²) >= 11 is 0. The number of hydrogen-bond acceptors (Lipinski definition) is 3. The molecular formula is C42H43N3O2. The number of cyclic esters (lactones) is 1. The molecule has 0 bridgehead atoms. The van der Waals surface area contributed by atoms with E-state index in [1.807, 2.05) is 38.4 Å². The Morgan fingerprint density at radius 2 is 1.28 bits per heavy atom. The number of benzene rings is 4. The first kappa shape index (κ1) is 30.6. The molecule has 0 amide bonds. The van der Waals surface area contributed by atoms with E-state index in [9.17, 15) is 4.79 Å². The number of anilines is 1. The second-order valence-corrected chi connectivity index (χ2v) is 13.1. The Morgan fingerprint density at radius 3 is 1.79 bits per heavy atom. The van der Waals surface area contributed by atoms with Gasteiger partial charge in [-0.3, -0.25) is 0 Å². The van der Waals surface area contributed by atoms with E-state index in [1.54, 1.807) is 0 Å². The van der Waals surface area contributed by atoms with Gasteiger partial charge in [-0.05, 0) is 95.7 Å². The molecule has 1 aliphatic heterocycles. The van der Waals surface area contributed by atoms with Crippen LogP contribution in [0, 0.1) is 27.7 Å². The van der Waals surface area contributed by atoms with Crippen molar-refractivity contribution in [2.24, 2.45) is 0 Å². The zero-order valence-corrected chi connectivity index (χ0v) is 28.7. The van der Waals surface area contributed by atoms with Crippen molar-refractivity contribution in [2.45, 2.75) is 60.2 Å². The summed E-state index contributed by atoms with van der Waals surface area (Å²) in [6, 6.07) is 29.8. The Kier molecular flexibility index (Phi) is 7.39. The lowest BCUT2D eigenvalue weighted by atomic mass is 9.80. The summed E-state index contributed by atoms with van der Waals surface area (Å²) in [5, 5.41) is 2.41. The first-order valence-corrected chi connectivity index (χ1v) is 16.6. The first-order chi connectivity index (χ1) is 22.6. The minimum absolute atomic E-state index is 0.306. The second kappa shape index (κ2) is 11.3. The van der Waals surface area contributed by atoms with Crippen LogP contribution in [0.3, 0.4) is 0 Å². The van der Waals surface area contributed by atoms with Gasteiger partial charge in [0.1, 0.15) is 0 Å². The zero-order chi connectivity index (χ0) is 33.2. The Hall–Kier alpha value is -5.03. The Labute approximate surface area is 277 Å². The number of nitrogens with zero attached hydrogens (tertiary/aromatic N) is 3. The number of carbonyl (C=O) groups is 1. The van der Waals surface area contributed by atoms with Gasteiger partial charge in [0.05, 0.1) is 5.56 Å². The molecule has 0 aliphatic carbocycles. The van der Waals surface area contributed by atoms with Gasteiger partial charge in [0.15, 0.2) is 5.60 Å². The third-order valence-electron chi connectivity index (χ3n) is 10.1. The van der Waals surface area contributed by atoms with E-state index in [0.717, 1.165) is 35.5 Å². The fourth-order valence-corrected chi connectivity index (χ4v) is 7.81. The van der Waals surface area contributed by atoms with E-state index < -0.39 is 5.60 Å². The van der Waals surface area contributed by atoms with Crippen LogP contribution < -0.4 is 4.90 Å². The fraction of sp³-hybridized carbons (Fsp3) is 0.262. The van der Waals surface area contributed by atoms with Crippen LogP contribution in [-0.2, 0) is 23.4 Å². The van der Waals surface area contributed by atoms with Crippen molar-refractivity contribution in [2.75, 3.05) is 19.0 Å². The van der Waals surface area contributed by atoms with Crippen LogP contribution in [0.5, 0.6) is 0 Å². The van der Waals surface area contributed by atoms with Crippen molar-refractivity contribution in [3.8, 4) is 0 Å². The van der Waals surface area contributed by atoms with Crippen molar-refractivity contribution in [1.29, 1.82) is 0 Å². The Bertz CT molecular complexity index is 2130. The average molecular weight is 622 g/mol. The minimum atomic E-state index is -1.14. The molecule has 1 aliphatic rings. The van der Waals surface area contributed by atoms with Gasteiger partial charge in [-0.15, -0.1) is 0 Å². The molecule has 238 valence electrons. The summed E-state index contributed by atoms with van der Waals surface area (Å²) in [7, 11) is 4.08. The number of esters is 1. The first-order valence-electron chi connectivity index (χ1n) is 16.6. The van der Waals surface area contributed by atoms with Gasteiger partial charge in [0.2, 0.25) is 0 Å². The lowest BCUT2D eigenvalue weighted by Gasteiger charge is -2.29. The van der Waals surface area contributed by atoms with Gasteiger partial charge >= 0.3 is 5.97 Å². The van der Waals surface area contributed by atoms with Gasteiger partial charge in [0.25, 0.3) is 0 Å². The molecule has 0 spiro atoms. The van der Waals surface area contributed by atoms with Crippen LogP contribution in [0.15, 0.2) is 91.0 Å². The maximum Gasteiger partial charge on any atom is 0.340 e. The van der Waals surface area contributed by atoms with Gasteiger partial charge in [-0.1, -0.05) is 53.6 Å². The number of ether oxygens (including phenoxy) is 1. The zero-order valence-electron chi connectivity index (χ0n) is 28.7. The monoisotopic (exact) mass is 621 g/mol. The number of hydrogen-bond donors (Lipinski definition) is 0. The fourth-order valence-electron chi connectivity index (χ4n) is 7.81. The van der Waals surface area contributed by atoms with E-state index in [2.05, 4.69) is 122 Å². The van der Waals surface area contributed by atoms with Crippen molar-refractivity contribution in [1.82, 2.24) is 9.13 Å². The molecule has 1 unspecified atom stereocenters. The highest BCUT2D eigenvalue weighted by Gasteiger charge is 2.46. The Balaban J connectivity index is 1.67. The molecule has 47 heavy (non-hydrogen) atoms. The quantitative estimate of drug-likeness (QED) is 0.167. The minimum Gasteiger partial charge on any atom is -0.441 e. The third kappa shape index (κ3) is 4.63. The van der Waals surface area contributed by atoms with Crippen LogP contribution in [0.2, 0.25) is 0 Å².